The van der Waals surface area contributed by atoms with E-state index >= 15 is 0 Å². The SMILES string of the molecule is CN1C(=O)COc2ccc(NC(=O)C#N)cc21. The van der Waals surface area contributed by atoms with E-state index in [0.29, 0.717) is 17.1 Å². The van der Waals surface area contributed by atoms with Crippen molar-refractivity contribution in [2.45, 2.75) is 0 Å². The molecular formula is C11H9N3O3. The lowest BCUT2D eigenvalue weighted by Crippen LogP contribution is -2.35. The number of benzene rings is 1. The van der Waals surface area contributed by atoms with Gasteiger partial charge in [-0.05, 0) is 18.2 Å². The zero-order valence-electron chi connectivity index (χ0n) is 9.06. The predicted molar refractivity (Wildman–Crippen MR) is 59.6 cm³/mol. The molecule has 0 bridgehead atoms. The molecule has 2 amide bonds. The Bertz CT molecular complexity index is 533. The van der Waals surface area contributed by atoms with Gasteiger partial charge in [-0.3, -0.25) is 9.59 Å². The zero-order chi connectivity index (χ0) is 12.4. The average Bonchev–Trinajstić information content (AvgIpc) is 2.34. The summed E-state index contributed by atoms with van der Waals surface area (Å²) < 4.78 is 5.22. The van der Waals surface area contributed by atoms with E-state index in [9.17, 15) is 9.59 Å². The topological polar surface area (TPSA) is 82.4 Å². The summed E-state index contributed by atoms with van der Waals surface area (Å²) in [4.78, 5) is 23.8. The number of likely N-dealkylation sites (N-methyl/N-ethyl adjacent to an activating group) is 1. The monoisotopic (exact) mass is 231 g/mol. The van der Waals surface area contributed by atoms with Crippen molar-refractivity contribution in [3.05, 3.63) is 18.2 Å². The van der Waals surface area contributed by atoms with E-state index in [1.165, 1.54) is 11.0 Å². The van der Waals surface area contributed by atoms with E-state index in [1.54, 1.807) is 25.2 Å². The molecule has 0 saturated heterocycles. The summed E-state index contributed by atoms with van der Waals surface area (Å²) in [6.07, 6.45) is 0. The number of fused-ring (bicyclic) bond motifs is 1. The lowest BCUT2D eigenvalue weighted by Gasteiger charge is -2.26. The Hall–Kier alpha value is -2.55. The Morgan fingerprint density at radius 3 is 3.06 bits per heavy atom. The van der Waals surface area contributed by atoms with Gasteiger partial charge in [-0.25, -0.2) is 0 Å². The Kier molecular flexibility index (Phi) is 2.66. The Balaban J connectivity index is 2.33. The van der Waals surface area contributed by atoms with Crippen LogP contribution in [0.15, 0.2) is 18.2 Å². The van der Waals surface area contributed by atoms with Crippen LogP contribution in [0.5, 0.6) is 5.75 Å². The van der Waals surface area contributed by atoms with Gasteiger partial charge in [0.05, 0.1) is 5.69 Å². The minimum absolute atomic E-state index is 0.00734. The van der Waals surface area contributed by atoms with Crippen LogP contribution >= 0.6 is 0 Å². The Morgan fingerprint density at radius 2 is 2.35 bits per heavy atom. The van der Waals surface area contributed by atoms with Crippen LogP contribution < -0.4 is 15.0 Å². The highest BCUT2D eigenvalue weighted by molar-refractivity contribution is 6.03. The van der Waals surface area contributed by atoms with Crippen LogP contribution in [0.1, 0.15) is 0 Å². The summed E-state index contributed by atoms with van der Waals surface area (Å²) in [6.45, 7) is 0.00734. The molecule has 0 fully saturated rings. The molecule has 1 aromatic carbocycles. The van der Waals surface area contributed by atoms with Crippen LogP contribution in [-0.4, -0.2) is 25.5 Å². The van der Waals surface area contributed by atoms with Crippen LogP contribution in [0, 0.1) is 11.3 Å². The smallest absolute Gasteiger partial charge is 0.326 e. The second-order valence-electron chi connectivity index (χ2n) is 3.49. The van der Waals surface area contributed by atoms with Crippen LogP contribution in [-0.2, 0) is 9.59 Å². The maximum absolute atomic E-state index is 11.4. The highest BCUT2D eigenvalue weighted by Gasteiger charge is 2.22. The normalized spacial score (nSPS) is 13.4. The number of amides is 2. The predicted octanol–water partition coefficient (Wildman–Crippen LogP) is 0.504. The summed E-state index contributed by atoms with van der Waals surface area (Å²) >= 11 is 0. The first-order chi connectivity index (χ1) is 8.11. The van der Waals surface area contributed by atoms with E-state index in [0.717, 1.165) is 0 Å². The lowest BCUT2D eigenvalue weighted by molar-refractivity contribution is -0.121. The van der Waals surface area contributed by atoms with Gasteiger partial charge in [0.1, 0.15) is 5.75 Å². The third kappa shape index (κ3) is 2.03. The highest BCUT2D eigenvalue weighted by Crippen LogP contribution is 2.33. The molecule has 17 heavy (non-hydrogen) atoms. The number of anilines is 2. The van der Waals surface area contributed by atoms with Crippen molar-refractivity contribution < 1.29 is 14.3 Å². The third-order valence-corrected chi connectivity index (χ3v) is 2.40. The number of rotatable bonds is 1. The molecule has 0 radical (unpaired) electrons. The van der Waals surface area contributed by atoms with E-state index in [2.05, 4.69) is 5.32 Å². The van der Waals surface area contributed by atoms with Crippen molar-refractivity contribution in [1.29, 1.82) is 5.26 Å². The zero-order valence-corrected chi connectivity index (χ0v) is 9.06. The Morgan fingerprint density at radius 1 is 1.59 bits per heavy atom. The summed E-state index contributed by atoms with van der Waals surface area (Å²) in [5.74, 6) is -0.348. The Labute approximate surface area is 97.4 Å². The van der Waals surface area contributed by atoms with Crippen molar-refractivity contribution in [3.8, 4) is 11.8 Å². The van der Waals surface area contributed by atoms with Crippen LogP contribution in [0.25, 0.3) is 0 Å². The number of carbonyl (C=O) groups excluding carboxylic acids is 2. The average molecular weight is 231 g/mol. The van der Waals surface area contributed by atoms with Gasteiger partial charge >= 0.3 is 5.91 Å². The fourth-order valence-corrected chi connectivity index (χ4v) is 1.51. The van der Waals surface area contributed by atoms with Crippen LogP contribution in [0.2, 0.25) is 0 Å². The summed E-state index contributed by atoms with van der Waals surface area (Å²) in [5.41, 5.74) is 1.01. The van der Waals surface area contributed by atoms with Gasteiger partial charge in [0.2, 0.25) is 0 Å². The molecule has 6 nitrogen and oxygen atoms in total. The van der Waals surface area contributed by atoms with Crippen molar-refractivity contribution in [2.75, 3.05) is 23.9 Å². The van der Waals surface area contributed by atoms with Gasteiger partial charge in [0.25, 0.3) is 5.91 Å². The second-order valence-corrected chi connectivity index (χ2v) is 3.49. The minimum atomic E-state index is -0.754. The molecule has 1 N–H and O–H groups in total. The number of hydrogen-bond donors (Lipinski definition) is 1. The first-order valence-corrected chi connectivity index (χ1v) is 4.86. The molecule has 1 aliphatic rings. The van der Waals surface area contributed by atoms with Crippen molar-refractivity contribution in [1.82, 2.24) is 0 Å². The first-order valence-electron chi connectivity index (χ1n) is 4.86. The summed E-state index contributed by atoms with van der Waals surface area (Å²) in [7, 11) is 1.62. The third-order valence-electron chi connectivity index (χ3n) is 2.40. The van der Waals surface area contributed by atoms with Crippen molar-refractivity contribution >= 4 is 23.2 Å². The molecule has 1 aliphatic heterocycles. The van der Waals surface area contributed by atoms with Gasteiger partial charge < -0.3 is 15.0 Å². The number of nitrogens with zero attached hydrogens (tertiary/aromatic N) is 2. The second kappa shape index (κ2) is 4.14. The molecule has 0 saturated carbocycles. The molecule has 1 aromatic rings. The molecule has 1 heterocycles. The van der Waals surface area contributed by atoms with E-state index in [4.69, 9.17) is 10.00 Å². The summed E-state index contributed by atoms with van der Waals surface area (Å²) in [6, 6.07) is 6.29. The number of carbonyl (C=O) groups is 2. The van der Waals surface area contributed by atoms with Crippen molar-refractivity contribution in [3.63, 3.8) is 0 Å². The first kappa shape index (κ1) is 11.0. The molecule has 0 spiro atoms. The number of nitrogens with one attached hydrogen (secondary N) is 1. The molecular weight excluding hydrogens is 222 g/mol. The number of nitriles is 1. The van der Waals surface area contributed by atoms with Gasteiger partial charge in [0, 0.05) is 12.7 Å². The van der Waals surface area contributed by atoms with Crippen LogP contribution in [0.4, 0.5) is 11.4 Å². The van der Waals surface area contributed by atoms with Crippen LogP contribution in [0.3, 0.4) is 0 Å². The standard InChI is InChI=1S/C11H9N3O3/c1-14-8-4-7(13-10(15)5-12)2-3-9(8)17-6-11(14)16/h2-4H,6H2,1H3,(H,13,15). The van der Waals surface area contributed by atoms with Gasteiger partial charge in [-0.15, -0.1) is 0 Å². The van der Waals surface area contributed by atoms with E-state index in [-0.39, 0.29) is 12.5 Å². The van der Waals surface area contributed by atoms with Gasteiger partial charge in [0.15, 0.2) is 12.7 Å². The van der Waals surface area contributed by atoms with E-state index in [1.807, 2.05) is 0 Å². The van der Waals surface area contributed by atoms with Gasteiger partial charge in [-0.1, -0.05) is 0 Å². The molecule has 0 aliphatic carbocycles. The van der Waals surface area contributed by atoms with E-state index < -0.39 is 5.91 Å². The number of hydrogen-bond acceptors (Lipinski definition) is 4. The maximum Gasteiger partial charge on any atom is 0.326 e. The van der Waals surface area contributed by atoms with Crippen molar-refractivity contribution in [2.24, 2.45) is 0 Å². The molecule has 2 rings (SSSR count). The fourth-order valence-electron chi connectivity index (χ4n) is 1.51. The molecule has 0 aromatic heterocycles. The lowest BCUT2D eigenvalue weighted by atomic mass is 10.2. The molecule has 0 unspecified atom stereocenters. The minimum Gasteiger partial charge on any atom is -0.482 e. The van der Waals surface area contributed by atoms with Gasteiger partial charge in [-0.2, -0.15) is 5.26 Å². The molecule has 6 heteroatoms. The number of ether oxygens (including phenoxy) is 1. The summed E-state index contributed by atoms with van der Waals surface area (Å²) in [5, 5.41) is 10.8. The quantitative estimate of drug-likeness (QED) is 0.713. The highest BCUT2D eigenvalue weighted by atomic mass is 16.5. The maximum atomic E-state index is 11.4. The largest absolute Gasteiger partial charge is 0.482 e. The fraction of sp³-hybridized carbons (Fsp3) is 0.182. The molecule has 86 valence electrons. The molecule has 0 atom stereocenters.